The van der Waals surface area contributed by atoms with Crippen LogP contribution in [0.2, 0.25) is 0 Å². The summed E-state index contributed by atoms with van der Waals surface area (Å²) in [5.41, 5.74) is 1.78. The van der Waals surface area contributed by atoms with Crippen LogP contribution in [0.25, 0.3) is 0 Å². The molecule has 0 radical (unpaired) electrons. The topological polar surface area (TPSA) is 76.1 Å². The van der Waals surface area contributed by atoms with E-state index in [1.807, 2.05) is 0 Å². The van der Waals surface area contributed by atoms with Crippen molar-refractivity contribution >= 4 is 11.9 Å². The first kappa shape index (κ1) is 21.8. The van der Waals surface area contributed by atoms with E-state index in [1.165, 1.54) is 24.1 Å². The molecule has 0 bridgehead atoms. The van der Waals surface area contributed by atoms with Gasteiger partial charge in [-0.2, -0.15) is 0 Å². The molecule has 0 saturated heterocycles. The monoisotopic (exact) mass is 423 g/mol. The third-order valence-corrected chi connectivity index (χ3v) is 4.57. The van der Waals surface area contributed by atoms with Gasteiger partial charge in [-0.05, 0) is 42.0 Å². The molecule has 160 valence electrons. The minimum absolute atomic E-state index is 0.0792. The van der Waals surface area contributed by atoms with E-state index < -0.39 is 18.4 Å². The zero-order valence-corrected chi connectivity index (χ0v) is 17.0. The van der Waals surface area contributed by atoms with Crippen LogP contribution in [-0.2, 0) is 17.9 Å². The van der Waals surface area contributed by atoms with E-state index in [2.05, 4.69) is 0 Å². The molecular formula is C24H22FNO5. The second kappa shape index (κ2) is 10.2. The summed E-state index contributed by atoms with van der Waals surface area (Å²) in [6.45, 7) is -0.175. The molecule has 1 amide bonds. The van der Waals surface area contributed by atoms with E-state index in [1.54, 1.807) is 60.7 Å². The Kier molecular flexibility index (Phi) is 7.22. The second-order valence-electron chi connectivity index (χ2n) is 6.81. The SMILES string of the molecule is COc1ccccc1CN(CC(=O)O)C(=O)c1cccc(OCc2ccc(F)cc2)c1. The maximum Gasteiger partial charge on any atom is 0.323 e. The van der Waals surface area contributed by atoms with Crippen LogP contribution in [0.15, 0.2) is 72.8 Å². The molecule has 0 atom stereocenters. The molecule has 7 heteroatoms. The van der Waals surface area contributed by atoms with Crippen molar-refractivity contribution in [1.82, 2.24) is 4.90 Å². The molecule has 1 N–H and O–H groups in total. The van der Waals surface area contributed by atoms with E-state index in [-0.39, 0.29) is 19.0 Å². The fourth-order valence-electron chi connectivity index (χ4n) is 3.05. The molecule has 0 aliphatic rings. The highest BCUT2D eigenvalue weighted by Gasteiger charge is 2.21. The average molecular weight is 423 g/mol. The van der Waals surface area contributed by atoms with Gasteiger partial charge in [0.15, 0.2) is 0 Å². The average Bonchev–Trinajstić information content (AvgIpc) is 2.78. The first-order valence-electron chi connectivity index (χ1n) is 9.56. The quantitative estimate of drug-likeness (QED) is 0.560. The van der Waals surface area contributed by atoms with Crippen LogP contribution < -0.4 is 9.47 Å². The maximum absolute atomic E-state index is 13.1. The van der Waals surface area contributed by atoms with Gasteiger partial charge in [-0.3, -0.25) is 9.59 Å². The zero-order chi connectivity index (χ0) is 22.2. The Balaban J connectivity index is 1.76. The predicted molar refractivity (Wildman–Crippen MR) is 113 cm³/mol. The predicted octanol–water partition coefficient (Wildman–Crippen LogP) is 4.14. The molecule has 3 aromatic rings. The fraction of sp³-hybridized carbons (Fsp3) is 0.167. The van der Waals surface area contributed by atoms with Crippen LogP contribution in [0.3, 0.4) is 0 Å². The molecule has 0 heterocycles. The number of carbonyl (C=O) groups is 2. The highest BCUT2D eigenvalue weighted by atomic mass is 19.1. The molecule has 0 saturated carbocycles. The van der Waals surface area contributed by atoms with Gasteiger partial charge in [0.1, 0.15) is 30.5 Å². The van der Waals surface area contributed by atoms with Gasteiger partial charge in [-0.1, -0.05) is 36.4 Å². The van der Waals surface area contributed by atoms with Crippen molar-refractivity contribution in [2.24, 2.45) is 0 Å². The summed E-state index contributed by atoms with van der Waals surface area (Å²) in [6, 6.07) is 19.6. The zero-order valence-electron chi connectivity index (χ0n) is 17.0. The first-order valence-corrected chi connectivity index (χ1v) is 9.56. The number of benzene rings is 3. The largest absolute Gasteiger partial charge is 0.496 e. The van der Waals surface area contributed by atoms with E-state index in [4.69, 9.17) is 9.47 Å². The molecule has 0 aliphatic heterocycles. The van der Waals surface area contributed by atoms with Crippen molar-refractivity contribution in [2.45, 2.75) is 13.2 Å². The number of methoxy groups -OCH3 is 1. The van der Waals surface area contributed by atoms with Gasteiger partial charge >= 0.3 is 5.97 Å². The Morgan fingerprint density at radius 3 is 2.45 bits per heavy atom. The van der Waals surface area contributed by atoms with Crippen LogP contribution in [0.4, 0.5) is 4.39 Å². The fourth-order valence-corrected chi connectivity index (χ4v) is 3.05. The summed E-state index contributed by atoms with van der Waals surface area (Å²) in [7, 11) is 1.52. The van der Waals surface area contributed by atoms with Crippen molar-refractivity contribution in [1.29, 1.82) is 0 Å². The number of aliphatic carboxylic acids is 1. The third kappa shape index (κ3) is 6.05. The van der Waals surface area contributed by atoms with E-state index >= 15 is 0 Å². The number of para-hydroxylation sites is 1. The number of ether oxygens (including phenoxy) is 2. The Bertz CT molecular complexity index is 1050. The lowest BCUT2D eigenvalue weighted by atomic mass is 10.1. The standard InChI is InChI=1S/C24H22FNO5/c1-30-22-8-3-2-5-19(22)14-26(15-23(27)28)24(29)18-6-4-7-21(13-18)31-16-17-9-11-20(25)12-10-17/h2-13H,14-16H2,1H3,(H,27,28). The number of rotatable bonds is 9. The summed E-state index contributed by atoms with van der Waals surface area (Å²) >= 11 is 0. The molecular weight excluding hydrogens is 401 g/mol. The number of hydrogen-bond acceptors (Lipinski definition) is 4. The van der Waals surface area contributed by atoms with Gasteiger partial charge in [-0.25, -0.2) is 4.39 Å². The number of hydrogen-bond donors (Lipinski definition) is 1. The second-order valence-corrected chi connectivity index (χ2v) is 6.81. The van der Waals surface area contributed by atoms with Crippen molar-refractivity contribution in [3.8, 4) is 11.5 Å². The van der Waals surface area contributed by atoms with Gasteiger partial charge in [0.25, 0.3) is 5.91 Å². The summed E-state index contributed by atoms with van der Waals surface area (Å²) in [6.07, 6.45) is 0. The molecule has 0 spiro atoms. The smallest absolute Gasteiger partial charge is 0.323 e. The summed E-state index contributed by atoms with van der Waals surface area (Å²) in [5.74, 6) is -0.873. The molecule has 0 aliphatic carbocycles. The lowest BCUT2D eigenvalue weighted by Gasteiger charge is -2.22. The number of nitrogens with zero attached hydrogens (tertiary/aromatic N) is 1. The van der Waals surface area contributed by atoms with Crippen LogP contribution in [-0.4, -0.2) is 35.5 Å². The summed E-state index contributed by atoms with van der Waals surface area (Å²) in [5, 5.41) is 9.29. The summed E-state index contributed by atoms with van der Waals surface area (Å²) < 4.78 is 24.0. The minimum Gasteiger partial charge on any atom is -0.496 e. The molecule has 6 nitrogen and oxygen atoms in total. The van der Waals surface area contributed by atoms with E-state index in [0.29, 0.717) is 22.6 Å². The number of amides is 1. The van der Waals surface area contributed by atoms with Crippen molar-refractivity contribution in [2.75, 3.05) is 13.7 Å². The Labute approximate surface area is 179 Å². The van der Waals surface area contributed by atoms with Gasteiger partial charge in [-0.15, -0.1) is 0 Å². The Morgan fingerprint density at radius 2 is 1.74 bits per heavy atom. The van der Waals surface area contributed by atoms with Crippen LogP contribution in [0.1, 0.15) is 21.5 Å². The molecule has 3 rings (SSSR count). The summed E-state index contributed by atoms with van der Waals surface area (Å²) in [4.78, 5) is 25.7. The number of carboxylic acids is 1. The number of carbonyl (C=O) groups excluding carboxylic acids is 1. The van der Waals surface area contributed by atoms with Crippen LogP contribution in [0.5, 0.6) is 11.5 Å². The molecule has 0 aromatic heterocycles. The number of halogens is 1. The van der Waals surface area contributed by atoms with Gasteiger partial charge in [0.2, 0.25) is 0 Å². The van der Waals surface area contributed by atoms with Crippen LogP contribution >= 0.6 is 0 Å². The molecule has 0 unspecified atom stereocenters. The van der Waals surface area contributed by atoms with Crippen LogP contribution in [0, 0.1) is 5.82 Å². The van der Waals surface area contributed by atoms with Crippen molar-refractivity contribution in [3.05, 3.63) is 95.3 Å². The van der Waals surface area contributed by atoms with Gasteiger partial charge in [0, 0.05) is 11.1 Å². The Hall–Kier alpha value is -3.87. The third-order valence-electron chi connectivity index (χ3n) is 4.57. The first-order chi connectivity index (χ1) is 15.0. The molecule has 3 aromatic carbocycles. The maximum atomic E-state index is 13.1. The van der Waals surface area contributed by atoms with E-state index in [9.17, 15) is 19.1 Å². The molecule has 0 fully saturated rings. The molecule has 31 heavy (non-hydrogen) atoms. The van der Waals surface area contributed by atoms with Crippen molar-refractivity contribution in [3.63, 3.8) is 0 Å². The normalized spacial score (nSPS) is 10.4. The Morgan fingerprint density at radius 1 is 1.00 bits per heavy atom. The lowest BCUT2D eigenvalue weighted by molar-refractivity contribution is -0.137. The van der Waals surface area contributed by atoms with Crippen molar-refractivity contribution < 1.29 is 28.6 Å². The minimum atomic E-state index is -1.12. The lowest BCUT2D eigenvalue weighted by Crippen LogP contribution is -2.35. The highest BCUT2D eigenvalue weighted by molar-refractivity contribution is 5.96. The number of carboxylic acid groups (broad SMARTS) is 1. The van der Waals surface area contributed by atoms with E-state index in [0.717, 1.165) is 5.56 Å². The van der Waals surface area contributed by atoms with Gasteiger partial charge in [0.05, 0.1) is 13.7 Å². The highest BCUT2D eigenvalue weighted by Crippen LogP contribution is 2.22. The van der Waals surface area contributed by atoms with Gasteiger partial charge < -0.3 is 19.5 Å².